The normalized spacial score (nSPS) is 18.6. The van der Waals surface area contributed by atoms with Crippen LogP contribution < -0.4 is 4.90 Å². The number of aromatic nitrogens is 3. The zero-order valence-corrected chi connectivity index (χ0v) is 11.2. The van der Waals surface area contributed by atoms with Gasteiger partial charge in [0.05, 0.1) is 5.69 Å². The number of thioether (sulfide) groups is 1. The fourth-order valence-electron chi connectivity index (χ4n) is 1.98. The first-order valence-corrected chi connectivity index (χ1v) is 6.78. The molecule has 1 unspecified atom stereocenters. The Morgan fingerprint density at radius 3 is 2.76 bits per heavy atom. The molecule has 1 aromatic heterocycles. The van der Waals surface area contributed by atoms with E-state index < -0.39 is 28.7 Å². The summed E-state index contributed by atoms with van der Waals surface area (Å²) in [5.74, 6) is -3.11. The summed E-state index contributed by atoms with van der Waals surface area (Å²) in [5, 5.41) is 5.97. The highest BCUT2D eigenvalue weighted by Crippen LogP contribution is 2.32. The molecule has 1 atom stereocenters. The van der Waals surface area contributed by atoms with E-state index in [1.54, 1.807) is 0 Å². The minimum absolute atomic E-state index is 0.0181. The second kappa shape index (κ2) is 5.24. The molecule has 3 rings (SSSR count). The number of benzene rings is 1. The standard InChI is InChI=1S/C12H8F2N4O2S/c13-7-2-1-6(3-8(7)14)18-10(19)4-9(11(18)20)21-12-15-5-16-17-12/h1-3,5,9H,4H2,(H,15,16,17). The Hall–Kier alpha value is -2.29. The molecule has 6 nitrogen and oxygen atoms in total. The molecule has 1 saturated heterocycles. The van der Waals surface area contributed by atoms with Gasteiger partial charge >= 0.3 is 0 Å². The van der Waals surface area contributed by atoms with Crippen molar-refractivity contribution in [3.63, 3.8) is 0 Å². The predicted molar refractivity (Wildman–Crippen MR) is 69.5 cm³/mol. The molecule has 1 aliphatic rings. The van der Waals surface area contributed by atoms with E-state index in [1.807, 2.05) is 0 Å². The number of anilines is 1. The van der Waals surface area contributed by atoms with Gasteiger partial charge in [0, 0.05) is 12.5 Å². The zero-order chi connectivity index (χ0) is 15.0. The van der Waals surface area contributed by atoms with Crippen LogP contribution in [0.4, 0.5) is 14.5 Å². The van der Waals surface area contributed by atoms with Gasteiger partial charge in [-0.05, 0) is 12.1 Å². The lowest BCUT2D eigenvalue weighted by Gasteiger charge is -2.14. The molecule has 2 aromatic rings. The van der Waals surface area contributed by atoms with Crippen LogP contribution in [-0.4, -0.2) is 32.2 Å². The summed E-state index contributed by atoms with van der Waals surface area (Å²) in [7, 11) is 0. The molecule has 108 valence electrons. The lowest BCUT2D eigenvalue weighted by atomic mass is 10.3. The Labute approximate surface area is 121 Å². The molecule has 1 aliphatic heterocycles. The highest BCUT2D eigenvalue weighted by atomic mass is 32.2. The van der Waals surface area contributed by atoms with E-state index in [-0.39, 0.29) is 12.1 Å². The van der Waals surface area contributed by atoms with Crippen LogP contribution in [-0.2, 0) is 9.59 Å². The van der Waals surface area contributed by atoms with Gasteiger partial charge in [-0.25, -0.2) is 18.7 Å². The summed E-state index contributed by atoms with van der Waals surface area (Å²) < 4.78 is 26.2. The van der Waals surface area contributed by atoms with Crippen LogP contribution in [0.5, 0.6) is 0 Å². The molecule has 2 amide bonds. The summed E-state index contributed by atoms with van der Waals surface area (Å²) in [6, 6.07) is 2.89. The van der Waals surface area contributed by atoms with Crippen molar-refractivity contribution in [2.24, 2.45) is 0 Å². The smallest absolute Gasteiger partial charge is 0.247 e. The van der Waals surface area contributed by atoms with Crippen LogP contribution in [0.15, 0.2) is 29.7 Å². The van der Waals surface area contributed by atoms with Gasteiger partial charge in [0.15, 0.2) is 16.8 Å². The van der Waals surface area contributed by atoms with E-state index in [2.05, 4.69) is 15.2 Å². The van der Waals surface area contributed by atoms with E-state index in [0.29, 0.717) is 5.16 Å². The minimum atomic E-state index is -1.11. The van der Waals surface area contributed by atoms with Crippen molar-refractivity contribution in [1.82, 2.24) is 15.2 Å². The third-order valence-electron chi connectivity index (χ3n) is 2.91. The fraction of sp³-hybridized carbons (Fsp3) is 0.167. The van der Waals surface area contributed by atoms with Crippen molar-refractivity contribution in [2.45, 2.75) is 16.8 Å². The largest absolute Gasteiger partial charge is 0.274 e. The maximum absolute atomic E-state index is 13.2. The quantitative estimate of drug-likeness (QED) is 0.869. The van der Waals surface area contributed by atoms with Gasteiger partial charge in [0.1, 0.15) is 11.6 Å². The van der Waals surface area contributed by atoms with Crippen molar-refractivity contribution in [2.75, 3.05) is 4.90 Å². The monoisotopic (exact) mass is 310 g/mol. The summed E-state index contributed by atoms with van der Waals surface area (Å²) in [5.41, 5.74) is 0.0181. The Kier molecular flexibility index (Phi) is 3.42. The van der Waals surface area contributed by atoms with Crippen molar-refractivity contribution in [3.8, 4) is 0 Å². The molecule has 2 heterocycles. The molecule has 0 aliphatic carbocycles. The lowest BCUT2D eigenvalue weighted by Crippen LogP contribution is -2.31. The number of hydrogen-bond acceptors (Lipinski definition) is 5. The second-order valence-electron chi connectivity index (χ2n) is 4.27. The van der Waals surface area contributed by atoms with Crippen molar-refractivity contribution in [3.05, 3.63) is 36.2 Å². The first kappa shape index (κ1) is 13.7. The number of nitrogens with one attached hydrogen (secondary N) is 1. The van der Waals surface area contributed by atoms with Gasteiger partial charge in [-0.3, -0.25) is 14.7 Å². The van der Waals surface area contributed by atoms with Crippen LogP contribution in [0.25, 0.3) is 0 Å². The summed E-state index contributed by atoms with van der Waals surface area (Å²) in [6.45, 7) is 0. The molecule has 9 heteroatoms. The number of H-pyrrole nitrogens is 1. The number of imide groups is 1. The van der Waals surface area contributed by atoms with E-state index in [0.717, 1.165) is 28.8 Å². The van der Waals surface area contributed by atoms with E-state index in [4.69, 9.17) is 0 Å². The lowest BCUT2D eigenvalue weighted by molar-refractivity contribution is -0.121. The molecule has 1 aromatic carbocycles. The molecule has 0 spiro atoms. The summed E-state index contributed by atoms with van der Waals surface area (Å²) >= 11 is 1.07. The highest BCUT2D eigenvalue weighted by molar-refractivity contribution is 8.00. The van der Waals surface area contributed by atoms with Crippen LogP contribution in [0, 0.1) is 11.6 Å². The van der Waals surface area contributed by atoms with Gasteiger partial charge < -0.3 is 0 Å². The Bertz CT molecular complexity index is 707. The van der Waals surface area contributed by atoms with Gasteiger partial charge in [-0.1, -0.05) is 11.8 Å². The van der Waals surface area contributed by atoms with Crippen LogP contribution in [0.2, 0.25) is 0 Å². The molecule has 21 heavy (non-hydrogen) atoms. The van der Waals surface area contributed by atoms with Crippen LogP contribution >= 0.6 is 11.8 Å². The number of hydrogen-bond donors (Lipinski definition) is 1. The first-order chi connectivity index (χ1) is 10.1. The fourth-order valence-corrected chi connectivity index (χ4v) is 2.89. The molecular formula is C12H8F2N4O2S. The second-order valence-corrected chi connectivity index (χ2v) is 5.46. The average Bonchev–Trinajstić information content (AvgIpc) is 3.03. The number of carbonyl (C=O) groups excluding carboxylic acids is 2. The SMILES string of the molecule is O=C1CC(Sc2ncn[nH]2)C(=O)N1c1ccc(F)c(F)c1. The number of amides is 2. The number of aromatic amines is 1. The van der Waals surface area contributed by atoms with Crippen LogP contribution in [0.1, 0.15) is 6.42 Å². The number of nitrogens with zero attached hydrogens (tertiary/aromatic N) is 3. The van der Waals surface area contributed by atoms with Crippen molar-refractivity contribution < 1.29 is 18.4 Å². The molecule has 0 radical (unpaired) electrons. The van der Waals surface area contributed by atoms with E-state index in [1.165, 1.54) is 12.4 Å². The van der Waals surface area contributed by atoms with Gasteiger partial charge in [-0.15, -0.1) is 0 Å². The predicted octanol–water partition coefficient (Wildman–Crippen LogP) is 1.51. The minimum Gasteiger partial charge on any atom is -0.274 e. The maximum atomic E-state index is 13.2. The zero-order valence-electron chi connectivity index (χ0n) is 10.4. The number of rotatable bonds is 3. The topological polar surface area (TPSA) is 79.0 Å². The average molecular weight is 310 g/mol. The summed E-state index contributed by atoms with van der Waals surface area (Å²) in [6.07, 6.45) is 1.25. The first-order valence-electron chi connectivity index (χ1n) is 5.90. The molecule has 1 fully saturated rings. The number of halogens is 2. The Morgan fingerprint density at radius 2 is 2.10 bits per heavy atom. The molecule has 0 saturated carbocycles. The summed E-state index contributed by atoms with van der Waals surface area (Å²) in [4.78, 5) is 28.9. The van der Waals surface area contributed by atoms with E-state index in [9.17, 15) is 18.4 Å². The van der Waals surface area contributed by atoms with Crippen molar-refractivity contribution >= 4 is 29.3 Å². The van der Waals surface area contributed by atoms with Crippen molar-refractivity contribution in [1.29, 1.82) is 0 Å². The maximum Gasteiger partial charge on any atom is 0.247 e. The third-order valence-corrected chi connectivity index (χ3v) is 3.99. The van der Waals surface area contributed by atoms with Gasteiger partial charge in [0.25, 0.3) is 0 Å². The van der Waals surface area contributed by atoms with Gasteiger partial charge in [0.2, 0.25) is 11.8 Å². The molecule has 0 bridgehead atoms. The number of carbonyl (C=O) groups is 2. The Balaban J connectivity index is 1.84. The molecular weight excluding hydrogens is 302 g/mol. The van der Waals surface area contributed by atoms with E-state index >= 15 is 0 Å². The molecule has 1 N–H and O–H groups in total. The van der Waals surface area contributed by atoms with Gasteiger partial charge in [-0.2, -0.15) is 5.10 Å². The Morgan fingerprint density at radius 1 is 1.29 bits per heavy atom. The van der Waals surface area contributed by atoms with Crippen LogP contribution in [0.3, 0.4) is 0 Å². The highest BCUT2D eigenvalue weighted by Gasteiger charge is 2.40. The third kappa shape index (κ3) is 2.51.